The molecule has 224 valence electrons. The third kappa shape index (κ3) is 7.53. The Bertz CT molecular complexity index is 1580. The molecule has 0 radical (unpaired) electrons. The first-order valence-corrected chi connectivity index (χ1v) is 13.7. The van der Waals surface area contributed by atoms with Crippen molar-refractivity contribution in [3.63, 3.8) is 0 Å². The van der Waals surface area contributed by atoms with Gasteiger partial charge in [0.05, 0.1) is 52.3 Å². The summed E-state index contributed by atoms with van der Waals surface area (Å²) in [5.41, 5.74) is 2.79. The molecule has 3 aromatic carbocycles. The van der Waals surface area contributed by atoms with E-state index in [2.05, 4.69) is 15.3 Å². The molecule has 3 rings (SSSR count). The van der Waals surface area contributed by atoms with Gasteiger partial charge >= 0.3 is 6.16 Å². The van der Waals surface area contributed by atoms with E-state index in [1.807, 2.05) is 0 Å². The Labute approximate surface area is 247 Å². The summed E-state index contributed by atoms with van der Waals surface area (Å²) in [5.74, 6) is 0.171. The lowest BCUT2D eigenvalue weighted by atomic mass is 10.2. The maximum absolute atomic E-state index is 13.9. The summed E-state index contributed by atoms with van der Waals surface area (Å²) < 4.78 is 59.1. The van der Waals surface area contributed by atoms with E-state index in [1.54, 1.807) is 6.07 Å². The highest BCUT2D eigenvalue weighted by atomic mass is 35.5. The molecule has 0 fully saturated rings. The molecule has 1 N–H and O–H groups in total. The van der Waals surface area contributed by atoms with Crippen molar-refractivity contribution in [2.45, 2.75) is 4.90 Å². The number of carbonyl (C=O) groups is 2. The first kappa shape index (κ1) is 31.8. The Balaban J connectivity index is 1.91. The van der Waals surface area contributed by atoms with Gasteiger partial charge in [-0.05, 0) is 54.1 Å². The van der Waals surface area contributed by atoms with Crippen molar-refractivity contribution in [3.05, 3.63) is 65.2 Å². The van der Waals surface area contributed by atoms with Gasteiger partial charge in [0.2, 0.25) is 0 Å². The van der Waals surface area contributed by atoms with Gasteiger partial charge in [0.1, 0.15) is 12.3 Å². The Kier molecular flexibility index (Phi) is 10.8. The van der Waals surface area contributed by atoms with E-state index in [9.17, 15) is 18.0 Å². The fourth-order valence-corrected chi connectivity index (χ4v) is 5.19. The monoisotopic (exact) mass is 621 g/mol. The number of hydrogen-bond donors (Lipinski definition) is 1. The Morgan fingerprint density at radius 1 is 0.833 bits per heavy atom. The van der Waals surface area contributed by atoms with Crippen LogP contribution >= 0.6 is 11.6 Å². The van der Waals surface area contributed by atoms with Crippen LogP contribution in [0.2, 0.25) is 5.02 Å². The van der Waals surface area contributed by atoms with Crippen LogP contribution in [0.25, 0.3) is 0 Å². The summed E-state index contributed by atoms with van der Waals surface area (Å²) in [5, 5.41) is 4.12. The fourth-order valence-electron chi connectivity index (χ4n) is 3.59. The van der Waals surface area contributed by atoms with E-state index in [0.717, 1.165) is 4.31 Å². The summed E-state index contributed by atoms with van der Waals surface area (Å²) in [7, 11) is 2.30. The molecule has 0 saturated carbocycles. The van der Waals surface area contributed by atoms with Crippen LogP contribution in [0.1, 0.15) is 5.56 Å². The number of carbonyl (C=O) groups excluding carboxylic acids is 2. The molecule has 0 aliphatic rings. The molecule has 3 aromatic rings. The van der Waals surface area contributed by atoms with Gasteiger partial charge in [-0.1, -0.05) is 11.6 Å². The standard InChI is InChI=1S/C27H28ClN3O10S/c1-36-21-10-7-18(28)13-20(21)31(42(34,35)19-8-11-22(37-2)25(14-19)39-4)16-26(32)30-29-15-17-6-9-23(24(12-17)38-3)41-27(33)40-5/h6-15H,16H2,1-5H3,(H,30,32)/b29-15-. The average Bonchev–Trinajstić information content (AvgIpc) is 2.99. The number of nitrogens with one attached hydrogen (secondary N) is 1. The lowest BCUT2D eigenvalue weighted by Crippen LogP contribution is -2.39. The molecule has 0 atom stereocenters. The van der Waals surface area contributed by atoms with Crippen LogP contribution in [-0.2, 0) is 19.6 Å². The largest absolute Gasteiger partial charge is 0.513 e. The minimum absolute atomic E-state index is 0.0184. The molecule has 0 heterocycles. The molecular weight excluding hydrogens is 594 g/mol. The third-order valence-electron chi connectivity index (χ3n) is 5.59. The molecule has 42 heavy (non-hydrogen) atoms. The second kappa shape index (κ2) is 14.3. The topological polar surface area (TPSA) is 151 Å². The van der Waals surface area contributed by atoms with Gasteiger partial charge in [0, 0.05) is 11.1 Å². The van der Waals surface area contributed by atoms with Crippen molar-refractivity contribution >= 4 is 45.6 Å². The number of anilines is 1. The number of halogens is 1. The van der Waals surface area contributed by atoms with Gasteiger partial charge in [-0.2, -0.15) is 5.10 Å². The SMILES string of the molecule is COC(=O)Oc1ccc(/C=N\NC(=O)CN(c2cc(Cl)ccc2OC)S(=O)(=O)c2ccc(OC)c(OC)c2)cc1OC. The highest BCUT2D eigenvalue weighted by Gasteiger charge is 2.30. The van der Waals surface area contributed by atoms with Crippen LogP contribution in [0.15, 0.2) is 64.6 Å². The minimum atomic E-state index is -4.38. The summed E-state index contributed by atoms with van der Waals surface area (Å²) >= 11 is 6.18. The normalized spacial score (nSPS) is 11.0. The van der Waals surface area contributed by atoms with E-state index in [4.69, 9.17) is 35.3 Å². The predicted molar refractivity (Wildman–Crippen MR) is 154 cm³/mol. The van der Waals surface area contributed by atoms with E-state index in [0.29, 0.717) is 11.3 Å². The van der Waals surface area contributed by atoms with Crippen LogP contribution in [-0.4, -0.2) is 68.8 Å². The van der Waals surface area contributed by atoms with Crippen LogP contribution in [0.4, 0.5) is 10.5 Å². The average molecular weight is 622 g/mol. The van der Waals surface area contributed by atoms with Gasteiger partial charge in [-0.25, -0.2) is 18.6 Å². The fraction of sp³-hybridized carbons (Fsp3) is 0.222. The quantitative estimate of drug-likeness (QED) is 0.137. The first-order chi connectivity index (χ1) is 20.1. The molecule has 0 bridgehead atoms. The summed E-state index contributed by atoms with van der Waals surface area (Å²) in [4.78, 5) is 24.2. The van der Waals surface area contributed by atoms with E-state index in [1.165, 1.54) is 90.3 Å². The number of benzene rings is 3. The van der Waals surface area contributed by atoms with Gasteiger partial charge in [0.15, 0.2) is 23.0 Å². The second-order valence-corrected chi connectivity index (χ2v) is 10.4. The zero-order valence-corrected chi connectivity index (χ0v) is 24.8. The number of rotatable bonds is 12. The summed E-state index contributed by atoms with van der Waals surface area (Å²) in [6, 6.07) is 12.9. The number of ether oxygens (including phenoxy) is 6. The van der Waals surface area contributed by atoms with E-state index >= 15 is 0 Å². The van der Waals surface area contributed by atoms with Gasteiger partial charge in [-0.3, -0.25) is 9.10 Å². The Morgan fingerprint density at radius 3 is 2.10 bits per heavy atom. The first-order valence-electron chi connectivity index (χ1n) is 11.9. The summed E-state index contributed by atoms with van der Waals surface area (Å²) in [6.45, 7) is -0.694. The minimum Gasteiger partial charge on any atom is -0.495 e. The lowest BCUT2D eigenvalue weighted by molar-refractivity contribution is -0.119. The zero-order valence-electron chi connectivity index (χ0n) is 23.2. The molecule has 1 amide bonds. The molecule has 0 aliphatic heterocycles. The van der Waals surface area contributed by atoms with Crippen molar-refractivity contribution in [3.8, 4) is 28.7 Å². The number of amides is 1. The number of sulfonamides is 1. The van der Waals surface area contributed by atoms with Crippen molar-refractivity contribution in [1.82, 2.24) is 5.43 Å². The molecular formula is C27H28ClN3O10S. The van der Waals surface area contributed by atoms with Gasteiger partial charge < -0.3 is 28.4 Å². The summed E-state index contributed by atoms with van der Waals surface area (Å²) in [6.07, 6.45) is 0.362. The molecule has 0 spiro atoms. The highest BCUT2D eigenvalue weighted by Crippen LogP contribution is 2.37. The van der Waals surface area contributed by atoms with Crippen LogP contribution in [0.3, 0.4) is 0 Å². The number of nitrogens with zero attached hydrogens (tertiary/aromatic N) is 2. The highest BCUT2D eigenvalue weighted by molar-refractivity contribution is 7.92. The van der Waals surface area contributed by atoms with Gasteiger partial charge in [-0.15, -0.1) is 0 Å². The maximum atomic E-state index is 13.9. The molecule has 0 saturated heterocycles. The van der Waals surface area contributed by atoms with Gasteiger partial charge in [0.25, 0.3) is 15.9 Å². The van der Waals surface area contributed by atoms with E-state index < -0.39 is 28.6 Å². The molecule has 13 nitrogen and oxygen atoms in total. The number of hydrogen-bond acceptors (Lipinski definition) is 11. The third-order valence-corrected chi connectivity index (χ3v) is 7.58. The van der Waals surface area contributed by atoms with Crippen LogP contribution in [0, 0.1) is 0 Å². The molecule has 0 aliphatic carbocycles. The second-order valence-electron chi connectivity index (χ2n) is 8.10. The number of hydrazone groups is 1. The maximum Gasteiger partial charge on any atom is 0.513 e. The Hall–Kier alpha value is -4.69. The van der Waals surface area contributed by atoms with Crippen LogP contribution < -0.4 is 33.4 Å². The van der Waals surface area contributed by atoms with Crippen molar-refractivity contribution < 1.29 is 46.4 Å². The number of methoxy groups -OCH3 is 5. The zero-order chi connectivity index (χ0) is 30.9. The van der Waals surface area contributed by atoms with Crippen LogP contribution in [0.5, 0.6) is 28.7 Å². The molecule has 0 aromatic heterocycles. The molecule has 0 unspecified atom stereocenters. The van der Waals surface area contributed by atoms with Crippen molar-refractivity contribution in [2.24, 2.45) is 5.10 Å². The predicted octanol–water partition coefficient (Wildman–Crippen LogP) is 3.87. The smallest absolute Gasteiger partial charge is 0.495 e. The lowest BCUT2D eigenvalue weighted by Gasteiger charge is -2.25. The van der Waals surface area contributed by atoms with Crippen molar-refractivity contribution in [2.75, 3.05) is 46.4 Å². The Morgan fingerprint density at radius 2 is 1.45 bits per heavy atom. The molecule has 15 heteroatoms. The van der Waals surface area contributed by atoms with E-state index in [-0.39, 0.29) is 38.6 Å². The van der Waals surface area contributed by atoms with Crippen molar-refractivity contribution in [1.29, 1.82) is 0 Å².